The van der Waals surface area contributed by atoms with Crippen molar-refractivity contribution in [2.75, 3.05) is 37.7 Å². The van der Waals surface area contributed by atoms with E-state index in [1.165, 1.54) is 11.3 Å². The van der Waals surface area contributed by atoms with E-state index in [1.807, 2.05) is 66.4 Å². The van der Waals surface area contributed by atoms with Crippen LogP contribution in [0, 0.1) is 0 Å². The second-order valence-corrected chi connectivity index (χ2v) is 7.92. The van der Waals surface area contributed by atoms with Crippen LogP contribution in [0.4, 0.5) is 5.69 Å². The molecule has 1 fully saturated rings. The topological polar surface area (TPSA) is 53.0 Å². The molecule has 1 aromatic heterocycles. The summed E-state index contributed by atoms with van der Waals surface area (Å²) in [7, 11) is 0. The van der Waals surface area contributed by atoms with E-state index >= 15 is 0 Å². The number of ether oxygens (including phenoxy) is 1. The fourth-order valence-electron chi connectivity index (χ4n) is 3.56. The first-order valence-corrected chi connectivity index (χ1v) is 10.6. The molecule has 2 heterocycles. The van der Waals surface area contributed by atoms with Crippen LogP contribution in [0.25, 0.3) is 10.4 Å². The lowest BCUT2D eigenvalue weighted by Gasteiger charge is -2.36. The van der Waals surface area contributed by atoms with Crippen molar-refractivity contribution < 1.29 is 14.6 Å². The summed E-state index contributed by atoms with van der Waals surface area (Å²) in [6, 6.07) is 19.4. The standard InChI is InChI=1S/C23H24N2O3S/c1-2-28-20-16-21(17-8-4-3-5-9-17)29-22(20)23(27)25-14-12-24(13-15-25)18-10-6-7-11-19(18)26/h3-11,16,26H,2,12-15H2,1H3. The van der Waals surface area contributed by atoms with Gasteiger partial charge in [-0.3, -0.25) is 4.79 Å². The Balaban J connectivity index is 1.51. The molecule has 1 aliphatic rings. The van der Waals surface area contributed by atoms with Crippen LogP contribution in [0.3, 0.4) is 0 Å². The van der Waals surface area contributed by atoms with Gasteiger partial charge < -0.3 is 19.6 Å². The van der Waals surface area contributed by atoms with Crippen LogP contribution in [0.1, 0.15) is 16.6 Å². The molecule has 4 rings (SSSR count). The van der Waals surface area contributed by atoms with Gasteiger partial charge in [-0.1, -0.05) is 42.5 Å². The molecular weight excluding hydrogens is 384 g/mol. The van der Waals surface area contributed by atoms with E-state index in [0.717, 1.165) is 16.1 Å². The molecule has 3 aromatic rings. The highest BCUT2D eigenvalue weighted by atomic mass is 32.1. The zero-order valence-electron chi connectivity index (χ0n) is 16.4. The van der Waals surface area contributed by atoms with Gasteiger partial charge in [-0.15, -0.1) is 11.3 Å². The number of hydrogen-bond acceptors (Lipinski definition) is 5. The van der Waals surface area contributed by atoms with Gasteiger partial charge in [0.15, 0.2) is 0 Å². The van der Waals surface area contributed by atoms with E-state index in [4.69, 9.17) is 4.74 Å². The van der Waals surface area contributed by atoms with E-state index in [0.29, 0.717) is 43.4 Å². The van der Waals surface area contributed by atoms with Gasteiger partial charge in [0.25, 0.3) is 5.91 Å². The quantitative estimate of drug-likeness (QED) is 0.676. The molecule has 1 aliphatic heterocycles. The zero-order valence-corrected chi connectivity index (χ0v) is 17.2. The summed E-state index contributed by atoms with van der Waals surface area (Å²) in [5.74, 6) is 0.943. The van der Waals surface area contributed by atoms with Crippen LogP contribution in [0.5, 0.6) is 11.5 Å². The summed E-state index contributed by atoms with van der Waals surface area (Å²) >= 11 is 1.48. The van der Waals surface area contributed by atoms with E-state index < -0.39 is 0 Å². The number of rotatable bonds is 5. The molecule has 0 saturated carbocycles. The molecule has 1 amide bonds. The third-order valence-corrected chi connectivity index (χ3v) is 6.19. The number of amides is 1. The number of carbonyl (C=O) groups is 1. The van der Waals surface area contributed by atoms with Crippen molar-refractivity contribution in [2.45, 2.75) is 6.92 Å². The summed E-state index contributed by atoms with van der Waals surface area (Å²) in [6.45, 7) is 5.04. The molecule has 29 heavy (non-hydrogen) atoms. The van der Waals surface area contributed by atoms with Crippen molar-refractivity contribution in [1.82, 2.24) is 4.90 Å². The van der Waals surface area contributed by atoms with E-state index in [9.17, 15) is 9.90 Å². The molecule has 0 bridgehead atoms. The lowest BCUT2D eigenvalue weighted by Crippen LogP contribution is -2.48. The third-order valence-electron chi connectivity index (χ3n) is 5.04. The predicted octanol–water partition coefficient (Wildman–Crippen LogP) is 4.48. The highest BCUT2D eigenvalue weighted by Crippen LogP contribution is 2.37. The average Bonchev–Trinajstić information content (AvgIpc) is 3.19. The van der Waals surface area contributed by atoms with Crippen LogP contribution in [-0.2, 0) is 0 Å². The van der Waals surface area contributed by atoms with Crippen molar-refractivity contribution in [2.24, 2.45) is 0 Å². The number of hydrogen-bond donors (Lipinski definition) is 1. The number of benzene rings is 2. The lowest BCUT2D eigenvalue weighted by atomic mass is 10.2. The van der Waals surface area contributed by atoms with Crippen molar-refractivity contribution in [1.29, 1.82) is 0 Å². The summed E-state index contributed by atoms with van der Waals surface area (Å²) in [4.78, 5) is 18.9. The Morgan fingerprint density at radius 2 is 1.72 bits per heavy atom. The Morgan fingerprint density at radius 3 is 2.41 bits per heavy atom. The van der Waals surface area contributed by atoms with Crippen LogP contribution < -0.4 is 9.64 Å². The summed E-state index contributed by atoms with van der Waals surface area (Å²) in [6.07, 6.45) is 0. The number of carbonyl (C=O) groups excluding carboxylic acids is 1. The highest BCUT2D eigenvalue weighted by Gasteiger charge is 2.27. The molecule has 0 radical (unpaired) electrons. The van der Waals surface area contributed by atoms with Crippen LogP contribution in [0.2, 0.25) is 0 Å². The SMILES string of the molecule is CCOc1cc(-c2ccccc2)sc1C(=O)N1CCN(c2ccccc2O)CC1. The van der Waals surface area contributed by atoms with Crippen LogP contribution in [0.15, 0.2) is 60.7 Å². The van der Waals surface area contributed by atoms with Crippen LogP contribution >= 0.6 is 11.3 Å². The third kappa shape index (κ3) is 4.07. The van der Waals surface area contributed by atoms with Gasteiger partial charge in [-0.25, -0.2) is 0 Å². The molecule has 2 aromatic carbocycles. The molecule has 0 spiro atoms. The molecule has 6 heteroatoms. The Morgan fingerprint density at radius 1 is 1.03 bits per heavy atom. The molecule has 0 unspecified atom stereocenters. The summed E-state index contributed by atoms with van der Waals surface area (Å²) in [5.41, 5.74) is 1.90. The fourth-order valence-corrected chi connectivity index (χ4v) is 4.63. The fraction of sp³-hybridized carbons (Fsp3) is 0.261. The minimum absolute atomic E-state index is 0.0116. The van der Waals surface area contributed by atoms with Gasteiger partial charge >= 0.3 is 0 Å². The number of thiophene rings is 1. The van der Waals surface area contributed by atoms with Crippen LogP contribution in [-0.4, -0.2) is 48.7 Å². The maximum absolute atomic E-state index is 13.2. The van der Waals surface area contributed by atoms with Crippen molar-refractivity contribution in [3.05, 3.63) is 65.5 Å². The van der Waals surface area contributed by atoms with Crippen molar-refractivity contribution in [3.63, 3.8) is 0 Å². The number of phenols is 1. The first kappa shape index (κ1) is 19.3. The second kappa shape index (κ2) is 8.57. The number of anilines is 1. The van der Waals surface area contributed by atoms with Gasteiger partial charge in [0.2, 0.25) is 0 Å². The van der Waals surface area contributed by atoms with Gasteiger partial charge in [0, 0.05) is 31.1 Å². The largest absolute Gasteiger partial charge is 0.506 e. The zero-order chi connectivity index (χ0) is 20.2. The Labute approximate surface area is 174 Å². The lowest BCUT2D eigenvalue weighted by molar-refractivity contribution is 0.0748. The molecule has 150 valence electrons. The molecular formula is C23H24N2O3S. The minimum atomic E-state index is 0.0116. The monoisotopic (exact) mass is 408 g/mol. The minimum Gasteiger partial charge on any atom is -0.506 e. The molecule has 0 atom stereocenters. The Kier molecular flexibility index (Phi) is 5.71. The van der Waals surface area contributed by atoms with E-state index in [2.05, 4.69) is 4.90 Å². The average molecular weight is 409 g/mol. The Hall–Kier alpha value is -2.99. The number of piperazine rings is 1. The Bertz CT molecular complexity index is 979. The van der Waals surface area contributed by atoms with Gasteiger partial charge in [0.05, 0.1) is 12.3 Å². The first-order chi connectivity index (χ1) is 14.2. The first-order valence-electron chi connectivity index (χ1n) is 9.81. The summed E-state index contributed by atoms with van der Waals surface area (Å²) in [5, 5.41) is 10.1. The predicted molar refractivity (Wildman–Crippen MR) is 117 cm³/mol. The maximum Gasteiger partial charge on any atom is 0.267 e. The van der Waals surface area contributed by atoms with E-state index in [1.54, 1.807) is 6.07 Å². The maximum atomic E-state index is 13.2. The van der Waals surface area contributed by atoms with Gasteiger partial charge in [-0.2, -0.15) is 0 Å². The number of para-hydroxylation sites is 2. The number of nitrogens with zero attached hydrogens (tertiary/aromatic N) is 2. The second-order valence-electron chi connectivity index (χ2n) is 6.87. The van der Waals surface area contributed by atoms with Gasteiger partial charge in [0.1, 0.15) is 16.4 Å². The van der Waals surface area contributed by atoms with Crippen molar-refractivity contribution in [3.8, 4) is 21.9 Å². The van der Waals surface area contributed by atoms with Crippen molar-refractivity contribution >= 4 is 22.9 Å². The number of phenolic OH excluding ortho intramolecular Hbond substituents is 1. The molecule has 1 N–H and O–H groups in total. The molecule has 5 nitrogen and oxygen atoms in total. The molecule has 0 aliphatic carbocycles. The smallest absolute Gasteiger partial charge is 0.267 e. The molecule has 1 saturated heterocycles. The summed E-state index contributed by atoms with van der Waals surface area (Å²) < 4.78 is 5.78. The highest BCUT2D eigenvalue weighted by molar-refractivity contribution is 7.17. The normalized spacial score (nSPS) is 14.1. The van der Waals surface area contributed by atoms with Gasteiger partial charge in [-0.05, 0) is 30.7 Å². The van der Waals surface area contributed by atoms with E-state index in [-0.39, 0.29) is 11.7 Å². The number of aromatic hydroxyl groups is 1.